The maximum atomic E-state index is 11.8. The highest BCUT2D eigenvalue weighted by Gasteiger charge is 2.27. The van der Waals surface area contributed by atoms with Gasteiger partial charge in [-0.2, -0.15) is 5.10 Å². The molecule has 4 nitrogen and oxygen atoms in total. The Morgan fingerprint density at radius 2 is 2.27 bits per heavy atom. The molecule has 5 heteroatoms. The number of hydrogen-bond acceptors (Lipinski definition) is 2. The second-order valence-electron chi connectivity index (χ2n) is 3.55. The van der Waals surface area contributed by atoms with Gasteiger partial charge in [0, 0.05) is 12.1 Å². The quantitative estimate of drug-likeness (QED) is 0.759. The van der Waals surface area contributed by atoms with Gasteiger partial charge >= 0.3 is 0 Å². The van der Waals surface area contributed by atoms with E-state index in [4.69, 9.17) is 11.6 Å². The Morgan fingerprint density at radius 3 is 2.67 bits per heavy atom. The molecule has 0 aliphatic rings. The van der Waals surface area contributed by atoms with Gasteiger partial charge in [-0.1, -0.05) is 13.8 Å². The first kappa shape index (κ1) is 12.0. The number of H-pyrrole nitrogens is 1. The van der Waals surface area contributed by atoms with Gasteiger partial charge in [-0.15, -0.1) is 11.6 Å². The fraction of sp³-hybridized carbons (Fsp3) is 0.600. The van der Waals surface area contributed by atoms with Crippen molar-refractivity contribution < 1.29 is 4.79 Å². The zero-order valence-corrected chi connectivity index (χ0v) is 9.77. The third-order valence-electron chi connectivity index (χ3n) is 2.73. The van der Waals surface area contributed by atoms with Gasteiger partial charge in [-0.05, 0) is 18.9 Å². The molecule has 0 aliphatic carbocycles. The third kappa shape index (κ3) is 2.72. The predicted molar refractivity (Wildman–Crippen MR) is 60.1 cm³/mol. The van der Waals surface area contributed by atoms with Crippen LogP contribution in [0.2, 0.25) is 0 Å². The molecule has 15 heavy (non-hydrogen) atoms. The van der Waals surface area contributed by atoms with Crippen LogP contribution in [0.3, 0.4) is 0 Å². The van der Waals surface area contributed by atoms with Crippen LogP contribution in [0.4, 0.5) is 0 Å². The monoisotopic (exact) mass is 229 g/mol. The number of aromatic nitrogens is 2. The molecule has 0 atom stereocenters. The van der Waals surface area contributed by atoms with Crippen LogP contribution in [-0.4, -0.2) is 27.5 Å². The van der Waals surface area contributed by atoms with Crippen LogP contribution in [-0.2, 0) is 0 Å². The van der Waals surface area contributed by atoms with Crippen LogP contribution in [0.1, 0.15) is 37.2 Å². The second-order valence-corrected chi connectivity index (χ2v) is 3.81. The molecule has 0 unspecified atom stereocenters. The van der Waals surface area contributed by atoms with Crippen molar-refractivity contribution in [1.29, 1.82) is 0 Å². The van der Waals surface area contributed by atoms with E-state index >= 15 is 0 Å². The molecule has 1 rings (SSSR count). The topological polar surface area (TPSA) is 57.8 Å². The van der Waals surface area contributed by atoms with Crippen molar-refractivity contribution in [1.82, 2.24) is 15.5 Å². The number of carbonyl (C=O) groups is 1. The summed E-state index contributed by atoms with van der Waals surface area (Å²) < 4.78 is 0. The van der Waals surface area contributed by atoms with Gasteiger partial charge in [-0.25, -0.2) is 0 Å². The van der Waals surface area contributed by atoms with E-state index in [-0.39, 0.29) is 11.4 Å². The van der Waals surface area contributed by atoms with Crippen molar-refractivity contribution in [3.05, 3.63) is 18.0 Å². The van der Waals surface area contributed by atoms with Crippen molar-refractivity contribution >= 4 is 17.5 Å². The zero-order valence-electron chi connectivity index (χ0n) is 9.01. The van der Waals surface area contributed by atoms with Crippen LogP contribution in [0, 0.1) is 0 Å². The highest BCUT2D eigenvalue weighted by Crippen LogP contribution is 2.17. The minimum Gasteiger partial charge on any atom is -0.344 e. The summed E-state index contributed by atoms with van der Waals surface area (Å²) in [5.74, 6) is 0.261. The van der Waals surface area contributed by atoms with E-state index in [0.717, 1.165) is 12.8 Å². The Hall–Kier alpha value is -1.03. The second kappa shape index (κ2) is 5.16. The fourth-order valence-electron chi connectivity index (χ4n) is 1.34. The Kier molecular flexibility index (Phi) is 4.15. The van der Waals surface area contributed by atoms with Crippen LogP contribution < -0.4 is 5.32 Å². The molecule has 0 aromatic carbocycles. The maximum Gasteiger partial charge on any atom is 0.269 e. The first-order chi connectivity index (χ1) is 7.17. The van der Waals surface area contributed by atoms with Crippen molar-refractivity contribution in [3.8, 4) is 0 Å². The van der Waals surface area contributed by atoms with Crippen molar-refractivity contribution in [3.63, 3.8) is 0 Å². The average Bonchev–Trinajstić information content (AvgIpc) is 2.79. The van der Waals surface area contributed by atoms with Gasteiger partial charge in [0.25, 0.3) is 5.91 Å². The van der Waals surface area contributed by atoms with Gasteiger partial charge in [0.05, 0.1) is 5.54 Å². The smallest absolute Gasteiger partial charge is 0.269 e. The number of aromatic amines is 1. The number of halogens is 1. The van der Waals surface area contributed by atoms with Gasteiger partial charge in [0.1, 0.15) is 5.69 Å². The molecule has 1 aromatic heterocycles. The Bertz CT molecular complexity index is 298. The van der Waals surface area contributed by atoms with Gasteiger partial charge in [0.15, 0.2) is 0 Å². The summed E-state index contributed by atoms with van der Waals surface area (Å²) in [6, 6.07) is 1.64. The number of amides is 1. The lowest BCUT2D eigenvalue weighted by Crippen LogP contribution is -2.49. The number of rotatable bonds is 5. The van der Waals surface area contributed by atoms with E-state index in [2.05, 4.69) is 15.5 Å². The summed E-state index contributed by atoms with van der Waals surface area (Å²) in [7, 11) is 0. The molecule has 1 amide bonds. The largest absolute Gasteiger partial charge is 0.344 e. The van der Waals surface area contributed by atoms with E-state index in [1.165, 1.54) is 0 Å². The number of carbonyl (C=O) groups excluding carboxylic acids is 1. The minimum atomic E-state index is -0.316. The number of nitrogens with zero attached hydrogens (tertiary/aromatic N) is 1. The van der Waals surface area contributed by atoms with E-state index in [1.54, 1.807) is 12.3 Å². The van der Waals surface area contributed by atoms with Crippen LogP contribution >= 0.6 is 11.6 Å². The Balaban J connectivity index is 2.71. The lowest BCUT2D eigenvalue weighted by molar-refractivity contribution is 0.0897. The van der Waals surface area contributed by atoms with Crippen LogP contribution in [0.15, 0.2) is 12.3 Å². The molecular weight excluding hydrogens is 214 g/mol. The summed E-state index contributed by atoms with van der Waals surface area (Å²) in [6.45, 7) is 4.03. The SMILES string of the molecule is CCC(CC)(CCl)NC(=O)c1ccn[nH]1. The summed E-state index contributed by atoms with van der Waals surface area (Å²) in [5.41, 5.74) is 0.149. The Morgan fingerprint density at radius 1 is 1.60 bits per heavy atom. The molecule has 0 bridgehead atoms. The lowest BCUT2D eigenvalue weighted by atomic mass is 9.95. The van der Waals surface area contributed by atoms with Gasteiger partial charge in [0.2, 0.25) is 0 Å². The molecule has 0 saturated heterocycles. The summed E-state index contributed by atoms with van der Waals surface area (Å²) in [5, 5.41) is 9.30. The first-order valence-corrected chi connectivity index (χ1v) is 5.58. The van der Waals surface area contributed by atoms with Crippen molar-refractivity contribution in [2.75, 3.05) is 5.88 Å². The average molecular weight is 230 g/mol. The van der Waals surface area contributed by atoms with Crippen molar-refractivity contribution in [2.45, 2.75) is 32.2 Å². The van der Waals surface area contributed by atoms with E-state index in [1.807, 2.05) is 13.8 Å². The standard InChI is InChI=1S/C10H16ClN3O/c1-3-10(4-2,7-11)13-9(15)8-5-6-12-14-8/h5-6H,3-4,7H2,1-2H3,(H,12,14)(H,13,15). The lowest BCUT2D eigenvalue weighted by Gasteiger charge is -2.30. The number of nitrogens with one attached hydrogen (secondary N) is 2. The minimum absolute atomic E-state index is 0.156. The number of alkyl halides is 1. The fourth-order valence-corrected chi connectivity index (χ4v) is 1.78. The summed E-state index contributed by atoms with van der Waals surface area (Å²) in [4.78, 5) is 11.8. The molecule has 1 heterocycles. The highest BCUT2D eigenvalue weighted by molar-refractivity contribution is 6.18. The molecule has 1 aromatic rings. The normalized spacial score (nSPS) is 11.4. The summed E-state index contributed by atoms with van der Waals surface area (Å²) in [6.07, 6.45) is 3.18. The van der Waals surface area contributed by atoms with E-state index < -0.39 is 0 Å². The van der Waals surface area contributed by atoms with Gasteiger partial charge < -0.3 is 5.32 Å². The van der Waals surface area contributed by atoms with Gasteiger partial charge in [-0.3, -0.25) is 9.89 Å². The molecule has 0 fully saturated rings. The van der Waals surface area contributed by atoms with Crippen molar-refractivity contribution in [2.24, 2.45) is 0 Å². The third-order valence-corrected chi connectivity index (χ3v) is 3.25. The Labute approximate surface area is 94.4 Å². The van der Waals surface area contributed by atoms with E-state index in [9.17, 15) is 4.79 Å². The molecule has 0 aliphatic heterocycles. The molecule has 0 saturated carbocycles. The van der Waals surface area contributed by atoms with Crippen LogP contribution in [0.25, 0.3) is 0 Å². The zero-order chi connectivity index (χ0) is 11.3. The maximum absolute atomic E-state index is 11.8. The molecule has 2 N–H and O–H groups in total. The van der Waals surface area contributed by atoms with Crippen LogP contribution in [0.5, 0.6) is 0 Å². The first-order valence-electron chi connectivity index (χ1n) is 5.05. The molecule has 0 spiro atoms. The van der Waals surface area contributed by atoms with E-state index in [0.29, 0.717) is 11.6 Å². The molecular formula is C10H16ClN3O. The molecule has 84 valence electrons. The predicted octanol–water partition coefficient (Wildman–Crippen LogP) is 1.94. The highest BCUT2D eigenvalue weighted by atomic mass is 35.5. The molecule has 0 radical (unpaired) electrons. The summed E-state index contributed by atoms with van der Waals surface area (Å²) >= 11 is 5.89. The number of hydrogen-bond donors (Lipinski definition) is 2.